The van der Waals surface area contributed by atoms with E-state index >= 15 is 0 Å². The third kappa shape index (κ3) is 2.76. The second-order valence-electron chi connectivity index (χ2n) is 4.72. The monoisotopic (exact) mass is 251 g/mol. The van der Waals surface area contributed by atoms with Crippen molar-refractivity contribution in [3.63, 3.8) is 0 Å². The van der Waals surface area contributed by atoms with Crippen LogP contribution in [0, 0.1) is 6.92 Å². The fraction of sp³-hybridized carbons (Fsp3) is 0.188. The van der Waals surface area contributed by atoms with Gasteiger partial charge in [0.15, 0.2) is 0 Å². The normalized spacial score (nSPS) is 10.8. The smallest absolute Gasteiger partial charge is 0.104 e. The van der Waals surface area contributed by atoms with Crippen LogP contribution in [0.25, 0.3) is 11.0 Å². The SMILES string of the molecule is Cc1nc2ccc(NCCc3ccccc3)cc2[nH]1. The molecular formula is C16H17N3. The number of nitrogens with one attached hydrogen (secondary N) is 2. The number of H-pyrrole nitrogens is 1. The Bertz CT molecular complexity index is 671. The summed E-state index contributed by atoms with van der Waals surface area (Å²) in [6.07, 6.45) is 1.03. The fourth-order valence-corrected chi connectivity index (χ4v) is 2.24. The van der Waals surface area contributed by atoms with E-state index < -0.39 is 0 Å². The first-order valence-corrected chi connectivity index (χ1v) is 6.55. The summed E-state index contributed by atoms with van der Waals surface area (Å²) in [5.41, 5.74) is 4.59. The van der Waals surface area contributed by atoms with Crippen molar-refractivity contribution in [3.05, 3.63) is 59.9 Å². The van der Waals surface area contributed by atoms with Crippen LogP contribution in [0.4, 0.5) is 5.69 Å². The van der Waals surface area contributed by atoms with Crippen LogP contribution in [-0.2, 0) is 6.42 Å². The van der Waals surface area contributed by atoms with Crippen molar-refractivity contribution in [2.45, 2.75) is 13.3 Å². The molecule has 0 radical (unpaired) electrons. The second kappa shape index (κ2) is 5.14. The minimum absolute atomic E-state index is 0.933. The summed E-state index contributed by atoms with van der Waals surface area (Å²) in [4.78, 5) is 7.65. The summed E-state index contributed by atoms with van der Waals surface area (Å²) < 4.78 is 0. The molecule has 0 unspecified atom stereocenters. The van der Waals surface area contributed by atoms with Crippen LogP contribution in [0.3, 0.4) is 0 Å². The first-order chi connectivity index (χ1) is 9.31. The largest absolute Gasteiger partial charge is 0.385 e. The molecule has 0 aliphatic rings. The van der Waals surface area contributed by atoms with Crippen LogP contribution in [0.5, 0.6) is 0 Å². The third-order valence-electron chi connectivity index (χ3n) is 3.19. The molecule has 0 aliphatic heterocycles. The fourth-order valence-electron chi connectivity index (χ4n) is 2.24. The van der Waals surface area contributed by atoms with Crippen molar-refractivity contribution in [2.75, 3.05) is 11.9 Å². The first-order valence-electron chi connectivity index (χ1n) is 6.55. The van der Waals surface area contributed by atoms with E-state index in [-0.39, 0.29) is 0 Å². The maximum Gasteiger partial charge on any atom is 0.104 e. The topological polar surface area (TPSA) is 40.7 Å². The number of imidazole rings is 1. The number of hydrogen-bond acceptors (Lipinski definition) is 2. The van der Waals surface area contributed by atoms with Crippen LogP contribution < -0.4 is 5.32 Å². The van der Waals surface area contributed by atoms with E-state index in [9.17, 15) is 0 Å². The molecule has 0 aliphatic carbocycles. The number of aromatic amines is 1. The number of hydrogen-bond donors (Lipinski definition) is 2. The number of benzene rings is 2. The summed E-state index contributed by atoms with van der Waals surface area (Å²) in [7, 11) is 0. The summed E-state index contributed by atoms with van der Waals surface area (Å²) >= 11 is 0. The Kier molecular flexibility index (Phi) is 3.19. The van der Waals surface area contributed by atoms with Gasteiger partial charge in [-0.3, -0.25) is 0 Å². The van der Waals surface area contributed by atoms with E-state index in [2.05, 4.69) is 51.7 Å². The van der Waals surface area contributed by atoms with Crippen LogP contribution >= 0.6 is 0 Å². The lowest BCUT2D eigenvalue weighted by Crippen LogP contribution is -2.04. The molecule has 0 spiro atoms. The Hall–Kier alpha value is -2.29. The Morgan fingerprint density at radius 3 is 2.79 bits per heavy atom. The van der Waals surface area contributed by atoms with E-state index in [1.807, 2.05) is 19.1 Å². The molecule has 0 saturated heterocycles. The Morgan fingerprint density at radius 2 is 1.95 bits per heavy atom. The average Bonchev–Trinajstić information content (AvgIpc) is 2.79. The van der Waals surface area contributed by atoms with E-state index in [4.69, 9.17) is 0 Å². The minimum atomic E-state index is 0.933. The van der Waals surface area contributed by atoms with Gasteiger partial charge in [-0.2, -0.15) is 0 Å². The Morgan fingerprint density at radius 1 is 1.11 bits per heavy atom. The lowest BCUT2D eigenvalue weighted by molar-refractivity contribution is 1.02. The van der Waals surface area contributed by atoms with Gasteiger partial charge in [-0.15, -0.1) is 0 Å². The van der Waals surface area contributed by atoms with Crippen LogP contribution in [0.15, 0.2) is 48.5 Å². The van der Waals surface area contributed by atoms with E-state index in [1.54, 1.807) is 0 Å². The maximum absolute atomic E-state index is 4.40. The molecule has 0 atom stereocenters. The number of rotatable bonds is 4. The molecule has 0 saturated carbocycles. The van der Waals surface area contributed by atoms with Gasteiger partial charge in [-0.1, -0.05) is 30.3 Å². The lowest BCUT2D eigenvalue weighted by Gasteiger charge is -2.06. The predicted octanol–water partition coefficient (Wildman–Crippen LogP) is 3.53. The first kappa shape index (κ1) is 11.8. The molecular weight excluding hydrogens is 234 g/mol. The van der Waals surface area contributed by atoms with E-state index in [1.165, 1.54) is 5.56 Å². The van der Waals surface area contributed by atoms with Gasteiger partial charge < -0.3 is 10.3 Å². The highest BCUT2D eigenvalue weighted by Gasteiger charge is 2.00. The van der Waals surface area contributed by atoms with Gasteiger partial charge >= 0.3 is 0 Å². The second-order valence-corrected chi connectivity index (χ2v) is 4.72. The highest BCUT2D eigenvalue weighted by atomic mass is 14.9. The van der Waals surface area contributed by atoms with Gasteiger partial charge in [-0.05, 0) is 37.1 Å². The lowest BCUT2D eigenvalue weighted by atomic mass is 10.1. The van der Waals surface area contributed by atoms with Crippen molar-refractivity contribution < 1.29 is 0 Å². The van der Waals surface area contributed by atoms with Crippen molar-refractivity contribution in [1.82, 2.24) is 9.97 Å². The quantitative estimate of drug-likeness (QED) is 0.744. The molecule has 0 bridgehead atoms. The summed E-state index contributed by atoms with van der Waals surface area (Å²) in [6, 6.07) is 16.7. The number of nitrogens with zero attached hydrogens (tertiary/aromatic N) is 1. The predicted molar refractivity (Wildman–Crippen MR) is 79.5 cm³/mol. The van der Waals surface area contributed by atoms with Crippen LogP contribution in [-0.4, -0.2) is 16.5 Å². The number of fused-ring (bicyclic) bond motifs is 1. The van der Waals surface area contributed by atoms with Crippen molar-refractivity contribution in [3.8, 4) is 0 Å². The zero-order valence-electron chi connectivity index (χ0n) is 11.0. The van der Waals surface area contributed by atoms with Gasteiger partial charge in [0.2, 0.25) is 0 Å². The molecule has 3 heteroatoms. The number of aromatic nitrogens is 2. The molecule has 2 aromatic carbocycles. The zero-order chi connectivity index (χ0) is 13.1. The van der Waals surface area contributed by atoms with Gasteiger partial charge in [0.25, 0.3) is 0 Å². The highest BCUT2D eigenvalue weighted by Crippen LogP contribution is 2.17. The highest BCUT2D eigenvalue weighted by molar-refractivity contribution is 5.79. The summed E-state index contributed by atoms with van der Waals surface area (Å²) in [5.74, 6) is 0.955. The molecule has 3 rings (SSSR count). The molecule has 1 heterocycles. The van der Waals surface area contributed by atoms with Gasteiger partial charge in [0.05, 0.1) is 11.0 Å². The molecule has 2 N–H and O–H groups in total. The van der Waals surface area contributed by atoms with Crippen molar-refractivity contribution in [2.24, 2.45) is 0 Å². The average molecular weight is 251 g/mol. The third-order valence-corrected chi connectivity index (χ3v) is 3.19. The van der Waals surface area contributed by atoms with Crippen LogP contribution in [0.1, 0.15) is 11.4 Å². The standard InChI is InChI=1S/C16H17N3/c1-12-18-15-8-7-14(11-16(15)19-12)17-10-9-13-5-3-2-4-6-13/h2-8,11,17H,9-10H2,1H3,(H,18,19). The molecule has 3 aromatic rings. The van der Waals surface area contributed by atoms with Gasteiger partial charge in [-0.25, -0.2) is 4.98 Å². The molecule has 0 fully saturated rings. The minimum Gasteiger partial charge on any atom is -0.385 e. The zero-order valence-corrected chi connectivity index (χ0v) is 11.0. The van der Waals surface area contributed by atoms with Gasteiger partial charge in [0.1, 0.15) is 5.82 Å². The summed E-state index contributed by atoms with van der Waals surface area (Å²) in [6.45, 7) is 2.91. The Balaban J connectivity index is 1.65. The van der Waals surface area contributed by atoms with Crippen LogP contribution in [0.2, 0.25) is 0 Å². The van der Waals surface area contributed by atoms with Gasteiger partial charge in [0, 0.05) is 12.2 Å². The maximum atomic E-state index is 4.40. The van der Waals surface area contributed by atoms with Crippen molar-refractivity contribution >= 4 is 16.7 Å². The Labute approximate surface area is 112 Å². The number of aryl methyl sites for hydroxylation is 1. The molecule has 19 heavy (non-hydrogen) atoms. The number of anilines is 1. The van der Waals surface area contributed by atoms with Crippen molar-refractivity contribution in [1.29, 1.82) is 0 Å². The van der Waals surface area contributed by atoms with E-state index in [0.717, 1.165) is 35.5 Å². The molecule has 3 nitrogen and oxygen atoms in total. The molecule has 1 aromatic heterocycles. The molecule has 96 valence electrons. The summed E-state index contributed by atoms with van der Waals surface area (Å²) in [5, 5.41) is 3.45. The molecule has 0 amide bonds. The van der Waals surface area contributed by atoms with E-state index in [0.29, 0.717) is 0 Å².